The number of nitriles is 1. The number of hydrogen-bond donors (Lipinski definition) is 0. The zero-order valence-corrected chi connectivity index (χ0v) is 7.49. The van der Waals surface area contributed by atoms with E-state index in [1.807, 2.05) is 0 Å². The summed E-state index contributed by atoms with van der Waals surface area (Å²) in [5.74, 6) is -1.00. The number of halogens is 3. The fraction of sp³-hybridized carbons (Fsp3) is 0.125. The first-order chi connectivity index (χ1) is 7.33. The molecule has 8 heteroatoms. The van der Waals surface area contributed by atoms with Gasteiger partial charge in [-0.25, -0.2) is 0 Å². The van der Waals surface area contributed by atoms with Crippen molar-refractivity contribution in [1.82, 2.24) is 0 Å². The van der Waals surface area contributed by atoms with Gasteiger partial charge in [-0.2, -0.15) is 5.26 Å². The third kappa shape index (κ3) is 2.84. The highest BCUT2D eigenvalue weighted by Gasteiger charge is 2.34. The molecule has 0 unspecified atom stereocenters. The number of hydrogen-bond acceptors (Lipinski definition) is 4. The molecule has 1 aromatic carbocycles. The second-order valence-corrected chi connectivity index (χ2v) is 2.60. The van der Waals surface area contributed by atoms with Crippen LogP contribution >= 0.6 is 0 Å². The molecule has 1 aromatic rings. The summed E-state index contributed by atoms with van der Waals surface area (Å²) < 4.78 is 39.1. The Morgan fingerprint density at radius 3 is 2.50 bits per heavy atom. The summed E-state index contributed by atoms with van der Waals surface area (Å²) in [6.07, 6.45) is -5.04. The van der Waals surface area contributed by atoms with Crippen molar-refractivity contribution in [3.63, 3.8) is 0 Å². The molecule has 0 amide bonds. The molecule has 0 spiro atoms. The van der Waals surface area contributed by atoms with Crippen molar-refractivity contribution in [3.05, 3.63) is 33.9 Å². The van der Waals surface area contributed by atoms with Crippen LogP contribution in [0.1, 0.15) is 5.56 Å². The second-order valence-electron chi connectivity index (χ2n) is 2.60. The quantitative estimate of drug-likeness (QED) is 0.579. The monoisotopic (exact) mass is 232 g/mol. The topological polar surface area (TPSA) is 76.2 Å². The van der Waals surface area contributed by atoms with Crippen LogP contribution in [0.5, 0.6) is 5.75 Å². The average Bonchev–Trinajstić information content (AvgIpc) is 2.14. The zero-order valence-electron chi connectivity index (χ0n) is 7.49. The first-order valence-corrected chi connectivity index (χ1v) is 3.78. The molecule has 0 N–H and O–H groups in total. The molecular formula is C8H3F3N2O3. The average molecular weight is 232 g/mol. The molecule has 0 atom stereocenters. The Morgan fingerprint density at radius 1 is 1.44 bits per heavy atom. The van der Waals surface area contributed by atoms with Gasteiger partial charge in [0.05, 0.1) is 16.6 Å². The lowest BCUT2D eigenvalue weighted by atomic mass is 10.2. The summed E-state index contributed by atoms with van der Waals surface area (Å²) in [5, 5.41) is 18.8. The van der Waals surface area contributed by atoms with E-state index in [2.05, 4.69) is 4.74 Å². The van der Waals surface area contributed by atoms with Gasteiger partial charge in [0, 0.05) is 12.1 Å². The lowest BCUT2D eigenvalue weighted by molar-refractivity contribution is -0.388. The van der Waals surface area contributed by atoms with E-state index in [1.165, 1.54) is 0 Å². The SMILES string of the molecule is N#Cc1ccc([N+](=O)[O-])c(OC(F)(F)F)c1. The summed E-state index contributed by atoms with van der Waals surface area (Å²) in [6, 6.07) is 4.01. The van der Waals surface area contributed by atoms with Crippen LogP contribution in [0.25, 0.3) is 0 Å². The van der Waals surface area contributed by atoms with Crippen LogP contribution < -0.4 is 4.74 Å². The van der Waals surface area contributed by atoms with Crippen LogP contribution in [-0.2, 0) is 0 Å². The molecule has 0 radical (unpaired) electrons. The molecule has 0 aliphatic rings. The predicted molar refractivity (Wildman–Crippen MR) is 44.5 cm³/mol. The molecule has 16 heavy (non-hydrogen) atoms. The van der Waals surface area contributed by atoms with Gasteiger partial charge >= 0.3 is 12.0 Å². The Morgan fingerprint density at radius 2 is 2.06 bits per heavy atom. The van der Waals surface area contributed by atoms with E-state index in [1.54, 1.807) is 6.07 Å². The van der Waals surface area contributed by atoms with Crippen LogP contribution in [-0.4, -0.2) is 11.3 Å². The van der Waals surface area contributed by atoms with Crippen molar-refractivity contribution < 1.29 is 22.8 Å². The summed E-state index contributed by atoms with van der Waals surface area (Å²) >= 11 is 0. The van der Waals surface area contributed by atoms with Gasteiger partial charge in [0.2, 0.25) is 5.75 Å². The van der Waals surface area contributed by atoms with Crippen molar-refractivity contribution in [2.24, 2.45) is 0 Å². The van der Waals surface area contributed by atoms with Gasteiger partial charge < -0.3 is 4.74 Å². The van der Waals surface area contributed by atoms with Crippen molar-refractivity contribution >= 4 is 5.69 Å². The van der Waals surface area contributed by atoms with E-state index < -0.39 is 22.7 Å². The maximum atomic E-state index is 11.9. The van der Waals surface area contributed by atoms with Crippen molar-refractivity contribution in [2.45, 2.75) is 6.36 Å². The molecule has 0 aromatic heterocycles. The number of rotatable bonds is 2. The van der Waals surface area contributed by atoms with Gasteiger partial charge in [0.25, 0.3) is 0 Å². The number of nitrogens with zero attached hydrogens (tertiary/aromatic N) is 2. The molecule has 0 saturated heterocycles. The van der Waals surface area contributed by atoms with Gasteiger partial charge in [0.1, 0.15) is 0 Å². The number of benzene rings is 1. The van der Waals surface area contributed by atoms with Crippen LogP contribution in [0.15, 0.2) is 18.2 Å². The molecule has 0 saturated carbocycles. The van der Waals surface area contributed by atoms with Gasteiger partial charge in [-0.3, -0.25) is 10.1 Å². The van der Waals surface area contributed by atoms with Crippen molar-refractivity contribution in [3.8, 4) is 11.8 Å². The Balaban J connectivity index is 3.22. The first kappa shape index (κ1) is 11.8. The van der Waals surface area contributed by atoms with Crippen LogP contribution in [0, 0.1) is 21.4 Å². The van der Waals surface area contributed by atoms with Crippen molar-refractivity contribution in [1.29, 1.82) is 5.26 Å². The minimum absolute atomic E-state index is 0.162. The molecule has 0 bridgehead atoms. The van der Waals surface area contributed by atoms with Gasteiger partial charge in [-0.1, -0.05) is 0 Å². The Bertz CT molecular complexity index is 465. The summed E-state index contributed by atoms with van der Waals surface area (Å²) in [6.45, 7) is 0. The third-order valence-corrected chi connectivity index (χ3v) is 1.51. The van der Waals surface area contributed by atoms with Crippen LogP contribution in [0.3, 0.4) is 0 Å². The minimum atomic E-state index is -5.04. The molecule has 0 fully saturated rings. The molecular weight excluding hydrogens is 229 g/mol. The predicted octanol–water partition coefficient (Wildman–Crippen LogP) is 2.37. The Kier molecular flexibility index (Phi) is 2.99. The molecule has 0 aliphatic heterocycles. The molecule has 1 rings (SSSR count). The maximum Gasteiger partial charge on any atom is 0.573 e. The van der Waals surface area contributed by atoms with Crippen molar-refractivity contribution in [2.75, 3.05) is 0 Å². The molecule has 0 aliphatic carbocycles. The smallest absolute Gasteiger partial charge is 0.398 e. The zero-order chi connectivity index (χ0) is 12.3. The number of nitro benzene ring substituents is 1. The van der Waals surface area contributed by atoms with Gasteiger partial charge in [-0.05, 0) is 6.07 Å². The highest BCUT2D eigenvalue weighted by Crippen LogP contribution is 2.32. The Labute approximate surface area is 86.8 Å². The van der Waals surface area contributed by atoms with E-state index in [4.69, 9.17) is 5.26 Å². The third-order valence-electron chi connectivity index (χ3n) is 1.51. The number of nitro groups is 1. The highest BCUT2D eigenvalue weighted by atomic mass is 19.4. The van der Waals surface area contributed by atoms with Crippen LogP contribution in [0.2, 0.25) is 0 Å². The van der Waals surface area contributed by atoms with Gasteiger partial charge in [-0.15, -0.1) is 13.2 Å². The fourth-order valence-corrected chi connectivity index (χ4v) is 0.941. The highest BCUT2D eigenvalue weighted by molar-refractivity contribution is 5.51. The minimum Gasteiger partial charge on any atom is -0.398 e. The normalized spacial score (nSPS) is 10.6. The second kappa shape index (κ2) is 4.06. The fourth-order valence-electron chi connectivity index (χ4n) is 0.941. The molecule has 84 valence electrons. The van der Waals surface area contributed by atoms with E-state index in [0.29, 0.717) is 6.07 Å². The van der Waals surface area contributed by atoms with E-state index in [0.717, 1.165) is 12.1 Å². The summed E-state index contributed by atoms with van der Waals surface area (Å²) in [7, 11) is 0. The standard InChI is InChI=1S/C8H3F3N2O3/c9-8(10,11)16-7-3-5(4-12)1-2-6(7)13(14)15/h1-3H. The van der Waals surface area contributed by atoms with E-state index in [-0.39, 0.29) is 5.56 Å². The van der Waals surface area contributed by atoms with E-state index in [9.17, 15) is 23.3 Å². The Hall–Kier alpha value is -2.30. The maximum absolute atomic E-state index is 11.9. The van der Waals surface area contributed by atoms with E-state index >= 15 is 0 Å². The molecule has 0 heterocycles. The largest absolute Gasteiger partial charge is 0.573 e. The van der Waals surface area contributed by atoms with Crippen LogP contribution in [0.4, 0.5) is 18.9 Å². The lowest BCUT2D eigenvalue weighted by Gasteiger charge is -2.08. The molecule has 5 nitrogen and oxygen atoms in total. The number of ether oxygens (including phenoxy) is 1. The number of alkyl halides is 3. The summed E-state index contributed by atoms with van der Waals surface area (Å²) in [5.41, 5.74) is -1.01. The van der Waals surface area contributed by atoms with Gasteiger partial charge in [0.15, 0.2) is 0 Å². The first-order valence-electron chi connectivity index (χ1n) is 3.78. The lowest BCUT2D eigenvalue weighted by Crippen LogP contribution is -2.18. The summed E-state index contributed by atoms with van der Waals surface area (Å²) in [4.78, 5) is 9.36.